The molecule has 0 radical (unpaired) electrons. The summed E-state index contributed by atoms with van der Waals surface area (Å²) in [4.78, 5) is 37.9. The van der Waals surface area contributed by atoms with E-state index in [1.807, 2.05) is 0 Å². The molecule has 1 saturated carbocycles. The van der Waals surface area contributed by atoms with Crippen LogP contribution in [0.4, 0.5) is 10.5 Å². The average Bonchev–Trinajstić information content (AvgIpc) is 2.63. The van der Waals surface area contributed by atoms with Gasteiger partial charge in [-0.05, 0) is 51.1 Å². The number of urea groups is 1. The van der Waals surface area contributed by atoms with Crippen LogP contribution in [-0.4, -0.2) is 48.4 Å². The molecule has 27 heavy (non-hydrogen) atoms. The van der Waals surface area contributed by atoms with Crippen LogP contribution in [0, 0.1) is 0 Å². The zero-order chi connectivity index (χ0) is 19.8. The third-order valence-electron chi connectivity index (χ3n) is 4.74. The van der Waals surface area contributed by atoms with Gasteiger partial charge in [-0.2, -0.15) is 0 Å². The SMILES string of the molecule is C[C@@H](C(=O)NC(=O)NC1CCCCC1)N(C)CC(=O)Nc1ccc(Cl)cc1. The molecule has 0 bridgehead atoms. The molecule has 0 aromatic heterocycles. The molecule has 0 unspecified atom stereocenters. The highest BCUT2D eigenvalue weighted by molar-refractivity contribution is 6.30. The first-order valence-corrected chi connectivity index (χ1v) is 9.60. The van der Waals surface area contributed by atoms with Gasteiger partial charge in [0.15, 0.2) is 0 Å². The molecular weight excluding hydrogens is 368 g/mol. The smallest absolute Gasteiger partial charge is 0.321 e. The molecule has 3 N–H and O–H groups in total. The number of rotatable bonds is 6. The second kappa shape index (κ2) is 10.3. The van der Waals surface area contributed by atoms with E-state index in [4.69, 9.17) is 11.6 Å². The summed E-state index contributed by atoms with van der Waals surface area (Å²) in [5.74, 6) is -0.698. The van der Waals surface area contributed by atoms with Crippen LogP contribution in [0.2, 0.25) is 5.02 Å². The number of imide groups is 1. The summed E-state index contributed by atoms with van der Waals surface area (Å²) >= 11 is 5.81. The minimum absolute atomic E-state index is 0.0153. The fourth-order valence-electron chi connectivity index (χ4n) is 2.98. The molecule has 148 valence electrons. The summed E-state index contributed by atoms with van der Waals surface area (Å²) in [5, 5.41) is 8.53. The Labute approximate surface area is 164 Å². The Morgan fingerprint density at radius 3 is 2.41 bits per heavy atom. The largest absolute Gasteiger partial charge is 0.335 e. The van der Waals surface area contributed by atoms with E-state index in [2.05, 4.69) is 16.0 Å². The predicted octanol–water partition coefficient (Wildman–Crippen LogP) is 2.76. The van der Waals surface area contributed by atoms with E-state index in [1.54, 1.807) is 43.1 Å². The fraction of sp³-hybridized carbons (Fsp3) is 0.526. The zero-order valence-corrected chi connectivity index (χ0v) is 16.5. The van der Waals surface area contributed by atoms with Crippen LogP contribution in [0.5, 0.6) is 0 Å². The number of carbonyl (C=O) groups excluding carboxylic acids is 3. The summed E-state index contributed by atoms with van der Waals surface area (Å²) in [6.07, 6.45) is 5.28. The lowest BCUT2D eigenvalue weighted by Crippen LogP contribution is -2.51. The second-order valence-corrected chi connectivity index (χ2v) is 7.38. The van der Waals surface area contributed by atoms with Gasteiger partial charge in [0.1, 0.15) is 0 Å². The lowest BCUT2D eigenvalue weighted by molar-refractivity contribution is -0.125. The highest BCUT2D eigenvalue weighted by Gasteiger charge is 2.23. The van der Waals surface area contributed by atoms with Crippen molar-refractivity contribution in [1.82, 2.24) is 15.5 Å². The number of hydrogen-bond donors (Lipinski definition) is 3. The van der Waals surface area contributed by atoms with Gasteiger partial charge in [-0.3, -0.25) is 19.8 Å². The molecule has 8 heteroatoms. The maximum absolute atomic E-state index is 12.3. The minimum atomic E-state index is -0.627. The number of nitrogens with zero attached hydrogens (tertiary/aromatic N) is 1. The number of likely N-dealkylation sites (N-methyl/N-ethyl adjacent to an activating group) is 1. The van der Waals surface area contributed by atoms with E-state index in [-0.39, 0.29) is 18.5 Å². The Kier molecular flexibility index (Phi) is 8.06. The van der Waals surface area contributed by atoms with Crippen molar-refractivity contribution in [2.45, 2.75) is 51.1 Å². The van der Waals surface area contributed by atoms with Crippen molar-refractivity contribution < 1.29 is 14.4 Å². The number of nitrogens with one attached hydrogen (secondary N) is 3. The molecule has 7 nitrogen and oxygen atoms in total. The molecule has 0 saturated heterocycles. The summed E-state index contributed by atoms with van der Waals surface area (Å²) < 4.78 is 0. The van der Waals surface area contributed by atoms with Crippen molar-refractivity contribution in [3.05, 3.63) is 29.3 Å². The highest BCUT2D eigenvalue weighted by atomic mass is 35.5. The van der Waals surface area contributed by atoms with E-state index >= 15 is 0 Å². The van der Waals surface area contributed by atoms with Gasteiger partial charge in [0, 0.05) is 16.8 Å². The van der Waals surface area contributed by atoms with Crippen LogP contribution in [0.3, 0.4) is 0 Å². The molecule has 1 fully saturated rings. The van der Waals surface area contributed by atoms with E-state index in [1.165, 1.54) is 6.42 Å². The van der Waals surface area contributed by atoms with Crippen LogP contribution in [-0.2, 0) is 9.59 Å². The lowest BCUT2D eigenvalue weighted by Gasteiger charge is -2.25. The Balaban J connectivity index is 1.76. The number of amides is 4. The first kappa shape index (κ1) is 21.2. The van der Waals surface area contributed by atoms with Gasteiger partial charge in [-0.1, -0.05) is 30.9 Å². The third kappa shape index (κ3) is 7.19. The van der Waals surface area contributed by atoms with E-state index in [0.717, 1.165) is 25.7 Å². The predicted molar refractivity (Wildman–Crippen MR) is 106 cm³/mol. The quantitative estimate of drug-likeness (QED) is 0.692. The Bertz CT molecular complexity index is 659. The molecule has 2 rings (SSSR count). The standard InChI is InChI=1S/C19H27ClN4O3/c1-13(18(26)23-19(27)22-15-6-4-3-5-7-15)24(2)12-17(25)21-16-10-8-14(20)9-11-16/h8-11,13,15H,3-7,12H2,1-2H3,(H,21,25)(H2,22,23,26,27)/t13-/m0/s1. The van der Waals surface area contributed by atoms with Crippen molar-refractivity contribution >= 4 is 35.1 Å². The van der Waals surface area contributed by atoms with E-state index in [9.17, 15) is 14.4 Å². The first-order chi connectivity index (χ1) is 12.8. The summed E-state index contributed by atoms with van der Waals surface area (Å²) in [7, 11) is 1.66. The Morgan fingerprint density at radius 1 is 1.15 bits per heavy atom. The minimum Gasteiger partial charge on any atom is -0.335 e. The van der Waals surface area contributed by atoms with Crippen molar-refractivity contribution in [2.24, 2.45) is 0 Å². The molecule has 0 heterocycles. The van der Waals surface area contributed by atoms with Crippen molar-refractivity contribution in [1.29, 1.82) is 0 Å². The van der Waals surface area contributed by atoms with Crippen molar-refractivity contribution in [2.75, 3.05) is 18.9 Å². The van der Waals surface area contributed by atoms with Gasteiger partial charge in [0.2, 0.25) is 11.8 Å². The fourth-order valence-corrected chi connectivity index (χ4v) is 3.11. The van der Waals surface area contributed by atoms with Gasteiger partial charge in [0.25, 0.3) is 0 Å². The molecule has 0 spiro atoms. The van der Waals surface area contributed by atoms with Crippen LogP contribution in [0.15, 0.2) is 24.3 Å². The Hall–Kier alpha value is -2.12. The maximum atomic E-state index is 12.3. The molecule has 0 aliphatic heterocycles. The highest BCUT2D eigenvalue weighted by Crippen LogP contribution is 2.17. The molecule has 4 amide bonds. The third-order valence-corrected chi connectivity index (χ3v) is 4.99. The summed E-state index contributed by atoms with van der Waals surface area (Å²) in [6, 6.07) is 5.79. The molecule has 1 aromatic rings. The molecule has 1 aliphatic carbocycles. The summed E-state index contributed by atoms with van der Waals surface area (Å²) in [6.45, 7) is 1.67. The molecule has 1 aromatic carbocycles. The monoisotopic (exact) mass is 394 g/mol. The van der Waals surface area contributed by atoms with Crippen LogP contribution < -0.4 is 16.0 Å². The van der Waals surface area contributed by atoms with Gasteiger partial charge in [-0.15, -0.1) is 0 Å². The number of hydrogen-bond acceptors (Lipinski definition) is 4. The van der Waals surface area contributed by atoms with E-state index < -0.39 is 18.0 Å². The number of carbonyl (C=O) groups is 3. The lowest BCUT2D eigenvalue weighted by atomic mass is 9.96. The van der Waals surface area contributed by atoms with Gasteiger partial charge in [0.05, 0.1) is 12.6 Å². The molecule has 1 aliphatic rings. The first-order valence-electron chi connectivity index (χ1n) is 9.22. The van der Waals surface area contributed by atoms with Crippen molar-refractivity contribution in [3.63, 3.8) is 0 Å². The topological polar surface area (TPSA) is 90.5 Å². The number of halogens is 1. The van der Waals surface area contributed by atoms with E-state index in [0.29, 0.717) is 10.7 Å². The van der Waals surface area contributed by atoms with Gasteiger partial charge in [-0.25, -0.2) is 4.79 Å². The second-order valence-electron chi connectivity index (χ2n) is 6.94. The van der Waals surface area contributed by atoms with Crippen molar-refractivity contribution in [3.8, 4) is 0 Å². The van der Waals surface area contributed by atoms with Crippen LogP contribution in [0.1, 0.15) is 39.0 Å². The number of anilines is 1. The van der Waals surface area contributed by atoms with Gasteiger partial charge < -0.3 is 10.6 Å². The average molecular weight is 395 g/mol. The van der Waals surface area contributed by atoms with Crippen LogP contribution >= 0.6 is 11.6 Å². The number of benzene rings is 1. The Morgan fingerprint density at radius 2 is 1.78 bits per heavy atom. The van der Waals surface area contributed by atoms with Crippen LogP contribution in [0.25, 0.3) is 0 Å². The maximum Gasteiger partial charge on any atom is 0.321 e. The zero-order valence-electron chi connectivity index (χ0n) is 15.8. The normalized spacial score (nSPS) is 15.9. The molecular formula is C19H27ClN4O3. The summed E-state index contributed by atoms with van der Waals surface area (Å²) in [5.41, 5.74) is 0.627. The molecule has 1 atom stereocenters. The van der Waals surface area contributed by atoms with Gasteiger partial charge >= 0.3 is 6.03 Å².